The van der Waals surface area contributed by atoms with E-state index in [1.807, 2.05) is 36.2 Å². The Labute approximate surface area is 198 Å². The molecule has 2 aliphatic rings. The second-order valence-corrected chi connectivity index (χ2v) is 10.6. The molecule has 2 aromatic carbocycles. The Morgan fingerprint density at radius 3 is 2.70 bits per heavy atom. The van der Waals surface area contributed by atoms with E-state index in [0.717, 1.165) is 16.9 Å². The summed E-state index contributed by atoms with van der Waals surface area (Å²) in [5, 5.41) is 3.48. The molecule has 0 aliphatic carbocycles. The molecule has 0 atom stereocenters. The molecule has 2 heterocycles. The Morgan fingerprint density at radius 2 is 1.94 bits per heavy atom. The van der Waals surface area contributed by atoms with E-state index in [9.17, 15) is 13.2 Å². The van der Waals surface area contributed by atoms with Crippen LogP contribution < -0.4 is 5.32 Å². The third kappa shape index (κ3) is 4.98. The van der Waals surface area contributed by atoms with Crippen LogP contribution in [0.25, 0.3) is 5.70 Å². The smallest absolute Gasteiger partial charge is 0.243 e. The number of amidine groups is 1. The predicted octanol–water partition coefficient (Wildman–Crippen LogP) is 3.29. The summed E-state index contributed by atoms with van der Waals surface area (Å²) >= 11 is 1.30. The number of aliphatic imine (C=N–C) groups is 1. The number of carbonyl (C=O) groups excluding carboxylic acids is 1. The predicted molar refractivity (Wildman–Crippen MR) is 132 cm³/mol. The summed E-state index contributed by atoms with van der Waals surface area (Å²) in [5.41, 5.74) is 3.67. The summed E-state index contributed by atoms with van der Waals surface area (Å²) in [5.74, 6) is -0.128. The fourth-order valence-corrected chi connectivity index (χ4v) is 6.09. The number of nitrogens with zero attached hydrogens (tertiary/aromatic N) is 3. The van der Waals surface area contributed by atoms with Crippen LogP contribution in [-0.2, 0) is 19.6 Å². The van der Waals surface area contributed by atoms with Crippen LogP contribution in [0.15, 0.2) is 58.9 Å². The van der Waals surface area contributed by atoms with Crippen LogP contribution in [0.5, 0.6) is 0 Å². The number of hydrogen-bond acceptors (Lipinski definition) is 7. The van der Waals surface area contributed by atoms with E-state index in [0.29, 0.717) is 42.7 Å². The van der Waals surface area contributed by atoms with E-state index < -0.39 is 10.0 Å². The van der Waals surface area contributed by atoms with Gasteiger partial charge in [0.1, 0.15) is 0 Å². The van der Waals surface area contributed by atoms with E-state index in [4.69, 9.17) is 4.74 Å². The van der Waals surface area contributed by atoms with Crippen LogP contribution in [0, 0.1) is 6.92 Å². The molecular formula is C23H26N4O4S2. The highest BCUT2D eigenvalue weighted by Gasteiger charge is 2.28. The first-order valence-corrected chi connectivity index (χ1v) is 12.9. The second-order valence-electron chi connectivity index (χ2n) is 7.75. The normalized spacial score (nSPS) is 16.8. The lowest BCUT2D eigenvalue weighted by Gasteiger charge is -2.28. The maximum absolute atomic E-state index is 13.1. The van der Waals surface area contributed by atoms with E-state index in [1.54, 1.807) is 19.1 Å². The minimum Gasteiger partial charge on any atom is -0.379 e. The van der Waals surface area contributed by atoms with Gasteiger partial charge in [0.25, 0.3) is 0 Å². The largest absolute Gasteiger partial charge is 0.379 e. The molecule has 0 bridgehead atoms. The molecule has 2 aliphatic heterocycles. The van der Waals surface area contributed by atoms with Crippen molar-refractivity contribution in [3.8, 4) is 0 Å². The average molecular weight is 487 g/mol. The Hall–Kier alpha value is -2.66. The van der Waals surface area contributed by atoms with Crippen LogP contribution in [0.3, 0.4) is 0 Å². The number of nitrogens with one attached hydrogen (secondary N) is 1. The van der Waals surface area contributed by atoms with Gasteiger partial charge in [0.15, 0.2) is 5.17 Å². The highest BCUT2D eigenvalue weighted by Crippen LogP contribution is 2.34. The third-order valence-electron chi connectivity index (χ3n) is 5.51. The molecule has 33 heavy (non-hydrogen) atoms. The molecule has 1 N–H and O–H groups in total. The van der Waals surface area contributed by atoms with Gasteiger partial charge < -0.3 is 15.0 Å². The van der Waals surface area contributed by atoms with Gasteiger partial charge in [0.2, 0.25) is 15.9 Å². The summed E-state index contributed by atoms with van der Waals surface area (Å²) in [6, 6.07) is 12.7. The minimum atomic E-state index is -3.66. The van der Waals surface area contributed by atoms with E-state index in [1.165, 1.54) is 22.1 Å². The number of sulfonamides is 1. The van der Waals surface area contributed by atoms with Crippen LogP contribution in [0.4, 0.5) is 11.4 Å². The molecule has 4 rings (SSSR count). The number of aryl methyl sites for hydroxylation is 1. The lowest BCUT2D eigenvalue weighted by atomic mass is 10.1. The molecule has 0 radical (unpaired) electrons. The molecular weight excluding hydrogens is 460 g/mol. The van der Waals surface area contributed by atoms with Crippen molar-refractivity contribution in [1.82, 2.24) is 9.21 Å². The Bertz CT molecular complexity index is 1220. The number of rotatable bonds is 5. The number of ether oxygens (including phenoxy) is 1. The number of morpholine rings is 1. The highest BCUT2D eigenvalue weighted by molar-refractivity contribution is 8.14. The molecule has 8 nitrogen and oxygen atoms in total. The van der Waals surface area contributed by atoms with Crippen LogP contribution in [0.2, 0.25) is 0 Å². The van der Waals surface area contributed by atoms with E-state index in [-0.39, 0.29) is 16.6 Å². The second kappa shape index (κ2) is 9.68. The lowest BCUT2D eigenvalue weighted by molar-refractivity contribution is -0.113. The zero-order chi connectivity index (χ0) is 23.6. The standard InChI is InChI=1S/C23H26N4O4S2/c1-16-8-9-18(14-21(16)33(29,30)27-10-12-31-13-11-27)24-22(28)15-32-23-25-20-7-5-4-6-19(20)17(2)26(23)3/h4-9,14H,2,10-13,15H2,1,3H3,(H,24,28). The monoisotopic (exact) mass is 486 g/mol. The van der Waals surface area contributed by atoms with Gasteiger partial charge >= 0.3 is 0 Å². The molecule has 10 heteroatoms. The van der Waals surface area contributed by atoms with Crippen molar-refractivity contribution >= 4 is 49.9 Å². The van der Waals surface area contributed by atoms with Crippen molar-refractivity contribution in [2.24, 2.45) is 4.99 Å². The fraction of sp³-hybridized carbons (Fsp3) is 0.304. The van der Waals surface area contributed by atoms with E-state index >= 15 is 0 Å². The van der Waals surface area contributed by atoms with Gasteiger partial charge in [0.05, 0.1) is 29.5 Å². The quantitative estimate of drug-likeness (QED) is 0.697. The molecule has 1 fully saturated rings. The molecule has 0 spiro atoms. The SMILES string of the molecule is C=C1c2ccccc2N=C(SCC(=O)Nc2ccc(C)c(S(=O)(=O)N3CCOCC3)c2)N1C. The molecule has 0 saturated carbocycles. The topological polar surface area (TPSA) is 91.3 Å². The fourth-order valence-electron chi connectivity index (χ4n) is 3.63. The first-order chi connectivity index (χ1) is 15.8. The number of carbonyl (C=O) groups is 1. The minimum absolute atomic E-state index is 0.123. The summed E-state index contributed by atoms with van der Waals surface area (Å²) in [6.45, 7) is 7.26. The Morgan fingerprint density at radius 1 is 1.21 bits per heavy atom. The first kappa shape index (κ1) is 23.5. The molecule has 0 unspecified atom stereocenters. The van der Waals surface area contributed by atoms with Crippen LogP contribution in [0.1, 0.15) is 11.1 Å². The molecule has 0 aromatic heterocycles. The molecule has 1 amide bonds. The van der Waals surface area contributed by atoms with Crippen molar-refractivity contribution in [1.29, 1.82) is 0 Å². The number of para-hydroxylation sites is 1. The van der Waals surface area contributed by atoms with Gasteiger partial charge in [-0.2, -0.15) is 4.31 Å². The van der Waals surface area contributed by atoms with Gasteiger partial charge in [-0.3, -0.25) is 4.79 Å². The van der Waals surface area contributed by atoms with Gasteiger partial charge in [-0.15, -0.1) is 0 Å². The van der Waals surface area contributed by atoms with Crippen molar-refractivity contribution in [3.05, 3.63) is 60.2 Å². The van der Waals surface area contributed by atoms with Crippen molar-refractivity contribution in [2.45, 2.75) is 11.8 Å². The summed E-state index contributed by atoms with van der Waals surface area (Å²) in [6.07, 6.45) is 0. The maximum atomic E-state index is 13.1. The summed E-state index contributed by atoms with van der Waals surface area (Å²) < 4.78 is 32.8. The van der Waals surface area contributed by atoms with Crippen molar-refractivity contribution < 1.29 is 17.9 Å². The maximum Gasteiger partial charge on any atom is 0.243 e. The number of fused-ring (bicyclic) bond motifs is 1. The van der Waals surface area contributed by atoms with Crippen molar-refractivity contribution in [3.63, 3.8) is 0 Å². The molecule has 174 valence electrons. The zero-order valence-electron chi connectivity index (χ0n) is 18.6. The Balaban J connectivity index is 1.45. The van der Waals surface area contributed by atoms with Gasteiger partial charge in [0, 0.05) is 37.1 Å². The first-order valence-electron chi connectivity index (χ1n) is 10.5. The summed E-state index contributed by atoms with van der Waals surface area (Å²) in [7, 11) is -1.80. The lowest BCUT2D eigenvalue weighted by Crippen LogP contribution is -2.40. The number of hydrogen-bond donors (Lipinski definition) is 1. The zero-order valence-corrected chi connectivity index (χ0v) is 20.2. The summed E-state index contributed by atoms with van der Waals surface area (Å²) in [4.78, 5) is 19.3. The number of amides is 1. The van der Waals surface area contributed by atoms with Gasteiger partial charge in [-0.1, -0.05) is 42.6 Å². The number of thioether (sulfide) groups is 1. The van der Waals surface area contributed by atoms with Crippen LogP contribution >= 0.6 is 11.8 Å². The third-order valence-corrected chi connectivity index (χ3v) is 8.59. The Kier molecular flexibility index (Phi) is 6.89. The van der Waals surface area contributed by atoms with E-state index in [2.05, 4.69) is 16.9 Å². The van der Waals surface area contributed by atoms with Gasteiger partial charge in [-0.05, 0) is 30.7 Å². The molecule has 1 saturated heterocycles. The van der Waals surface area contributed by atoms with Crippen molar-refractivity contribution in [2.75, 3.05) is 44.4 Å². The highest BCUT2D eigenvalue weighted by atomic mass is 32.2. The number of anilines is 1. The molecule has 2 aromatic rings. The van der Waals surface area contributed by atoms with Crippen LogP contribution in [-0.4, -0.2) is 67.8 Å². The van der Waals surface area contributed by atoms with Gasteiger partial charge in [-0.25, -0.2) is 13.4 Å². The number of benzene rings is 2. The average Bonchev–Trinajstić information content (AvgIpc) is 2.82.